The summed E-state index contributed by atoms with van der Waals surface area (Å²) in [6, 6.07) is 4.55. The topological polar surface area (TPSA) is 103 Å². The van der Waals surface area contributed by atoms with E-state index in [4.69, 9.17) is 10.2 Å². The van der Waals surface area contributed by atoms with Gasteiger partial charge in [0.15, 0.2) is 0 Å². The van der Waals surface area contributed by atoms with E-state index in [0.29, 0.717) is 23.3 Å². The van der Waals surface area contributed by atoms with Crippen LogP contribution in [0.25, 0.3) is 11.0 Å². The molecule has 88 valence electrons. The quantitative estimate of drug-likeness (QED) is 0.739. The molecule has 0 fully saturated rings. The van der Waals surface area contributed by atoms with Crippen LogP contribution in [0, 0.1) is 0 Å². The minimum absolute atomic E-state index is 0.00832. The Hall–Kier alpha value is -2.37. The Labute approximate surface area is 95.9 Å². The molecule has 1 aromatic heterocycles. The van der Waals surface area contributed by atoms with E-state index in [2.05, 4.69) is 9.97 Å². The van der Waals surface area contributed by atoms with Crippen LogP contribution in [0.2, 0.25) is 0 Å². The van der Waals surface area contributed by atoms with E-state index in [-0.39, 0.29) is 12.0 Å². The number of hydrogen-bond donors (Lipinski definition) is 3. The Morgan fingerprint density at radius 3 is 2.71 bits per heavy atom. The van der Waals surface area contributed by atoms with Gasteiger partial charge in [0.2, 0.25) is 0 Å². The first-order valence-electron chi connectivity index (χ1n) is 5.00. The van der Waals surface area contributed by atoms with Gasteiger partial charge in [-0.2, -0.15) is 0 Å². The van der Waals surface area contributed by atoms with Gasteiger partial charge in [-0.1, -0.05) is 0 Å². The van der Waals surface area contributed by atoms with Crippen molar-refractivity contribution in [1.29, 1.82) is 0 Å². The van der Waals surface area contributed by atoms with Crippen molar-refractivity contribution in [3.8, 4) is 0 Å². The fourth-order valence-corrected chi connectivity index (χ4v) is 1.54. The van der Waals surface area contributed by atoms with Crippen LogP contribution < -0.4 is 0 Å². The molecule has 2 aromatic rings. The zero-order valence-electron chi connectivity index (χ0n) is 8.80. The molecular formula is C11H10N2O4. The van der Waals surface area contributed by atoms with Crippen molar-refractivity contribution in [2.45, 2.75) is 12.8 Å². The molecule has 0 aliphatic heterocycles. The summed E-state index contributed by atoms with van der Waals surface area (Å²) in [4.78, 5) is 28.3. The van der Waals surface area contributed by atoms with Crippen LogP contribution in [0.3, 0.4) is 0 Å². The number of fused-ring (bicyclic) bond motifs is 1. The van der Waals surface area contributed by atoms with Crippen molar-refractivity contribution < 1.29 is 19.8 Å². The smallest absolute Gasteiger partial charge is 0.335 e. The lowest BCUT2D eigenvalue weighted by atomic mass is 10.2. The number of benzene rings is 1. The number of rotatable bonds is 4. The summed E-state index contributed by atoms with van der Waals surface area (Å²) in [5.41, 5.74) is 1.40. The summed E-state index contributed by atoms with van der Waals surface area (Å²) in [7, 11) is 0. The number of nitrogens with zero attached hydrogens (tertiary/aromatic N) is 1. The van der Waals surface area contributed by atoms with Crippen LogP contribution >= 0.6 is 0 Å². The van der Waals surface area contributed by atoms with Crippen LogP contribution in [0.5, 0.6) is 0 Å². The molecule has 0 saturated heterocycles. The first kappa shape index (κ1) is 11.1. The van der Waals surface area contributed by atoms with Crippen molar-refractivity contribution in [2.75, 3.05) is 0 Å². The Balaban J connectivity index is 2.30. The van der Waals surface area contributed by atoms with E-state index in [1.807, 2.05) is 0 Å². The summed E-state index contributed by atoms with van der Waals surface area (Å²) in [5, 5.41) is 17.4. The van der Waals surface area contributed by atoms with Crippen LogP contribution in [0.15, 0.2) is 18.2 Å². The molecule has 1 heterocycles. The van der Waals surface area contributed by atoms with Gasteiger partial charge >= 0.3 is 11.9 Å². The summed E-state index contributed by atoms with van der Waals surface area (Å²) >= 11 is 0. The molecule has 6 nitrogen and oxygen atoms in total. The maximum absolute atomic E-state index is 10.8. The van der Waals surface area contributed by atoms with E-state index in [0.717, 1.165) is 0 Å². The average Bonchev–Trinajstić information content (AvgIpc) is 2.67. The number of hydrogen-bond acceptors (Lipinski definition) is 3. The van der Waals surface area contributed by atoms with Gasteiger partial charge in [0.25, 0.3) is 0 Å². The number of nitrogens with one attached hydrogen (secondary N) is 1. The van der Waals surface area contributed by atoms with Gasteiger partial charge in [-0.05, 0) is 18.2 Å². The second-order valence-electron chi connectivity index (χ2n) is 3.61. The molecule has 0 spiro atoms. The second-order valence-corrected chi connectivity index (χ2v) is 3.61. The van der Waals surface area contributed by atoms with Gasteiger partial charge < -0.3 is 15.2 Å². The highest BCUT2D eigenvalue weighted by Crippen LogP contribution is 2.14. The normalized spacial score (nSPS) is 10.6. The summed E-state index contributed by atoms with van der Waals surface area (Å²) in [6.45, 7) is 0. The standard InChI is InChI=1S/C11H10N2O4/c14-10(15)4-3-9-12-7-2-1-6(11(16)17)5-8(7)13-9/h1-2,5H,3-4H2,(H,12,13)(H,14,15)(H,16,17). The molecule has 0 atom stereocenters. The van der Waals surface area contributed by atoms with Crippen molar-refractivity contribution in [3.05, 3.63) is 29.6 Å². The fraction of sp³-hybridized carbons (Fsp3) is 0.182. The first-order chi connectivity index (χ1) is 8.06. The largest absolute Gasteiger partial charge is 0.481 e. The third-order valence-corrected chi connectivity index (χ3v) is 2.35. The van der Waals surface area contributed by atoms with Crippen molar-refractivity contribution in [3.63, 3.8) is 0 Å². The lowest BCUT2D eigenvalue weighted by Crippen LogP contribution is -1.98. The monoisotopic (exact) mass is 234 g/mol. The van der Waals surface area contributed by atoms with Crippen LogP contribution in [-0.4, -0.2) is 32.1 Å². The van der Waals surface area contributed by atoms with Gasteiger partial charge in [-0.3, -0.25) is 4.79 Å². The molecule has 17 heavy (non-hydrogen) atoms. The SMILES string of the molecule is O=C(O)CCc1nc2cc(C(=O)O)ccc2[nH]1. The zero-order chi connectivity index (χ0) is 12.4. The Morgan fingerprint density at radius 2 is 2.06 bits per heavy atom. The molecule has 0 saturated carbocycles. The maximum atomic E-state index is 10.8. The molecule has 0 aliphatic carbocycles. The third kappa shape index (κ3) is 2.41. The molecule has 0 bridgehead atoms. The number of aromatic amines is 1. The molecule has 1 aromatic carbocycles. The summed E-state index contributed by atoms with van der Waals surface area (Å²) in [6.07, 6.45) is 0.290. The predicted molar refractivity (Wildman–Crippen MR) is 59.0 cm³/mol. The van der Waals surface area contributed by atoms with Crippen LogP contribution in [0.1, 0.15) is 22.6 Å². The minimum atomic E-state index is -1.01. The van der Waals surface area contributed by atoms with E-state index in [1.165, 1.54) is 12.1 Å². The van der Waals surface area contributed by atoms with Crippen molar-refractivity contribution in [1.82, 2.24) is 9.97 Å². The van der Waals surface area contributed by atoms with Crippen LogP contribution in [-0.2, 0) is 11.2 Å². The average molecular weight is 234 g/mol. The third-order valence-electron chi connectivity index (χ3n) is 2.35. The van der Waals surface area contributed by atoms with Crippen molar-refractivity contribution in [2.24, 2.45) is 0 Å². The number of carboxylic acids is 2. The van der Waals surface area contributed by atoms with Crippen LogP contribution in [0.4, 0.5) is 0 Å². The maximum Gasteiger partial charge on any atom is 0.335 e. The number of aromatic carboxylic acids is 1. The fourth-order valence-electron chi connectivity index (χ4n) is 1.54. The number of aromatic nitrogens is 2. The van der Waals surface area contributed by atoms with E-state index in [9.17, 15) is 9.59 Å². The number of H-pyrrole nitrogens is 1. The van der Waals surface area contributed by atoms with E-state index >= 15 is 0 Å². The Morgan fingerprint density at radius 1 is 1.29 bits per heavy atom. The van der Waals surface area contributed by atoms with Gasteiger partial charge in [-0.15, -0.1) is 0 Å². The molecule has 0 radical (unpaired) electrons. The predicted octanol–water partition coefficient (Wildman–Crippen LogP) is 1.28. The number of aliphatic carboxylic acids is 1. The highest BCUT2D eigenvalue weighted by atomic mass is 16.4. The second kappa shape index (κ2) is 4.25. The first-order valence-corrected chi connectivity index (χ1v) is 5.00. The van der Waals surface area contributed by atoms with Gasteiger partial charge in [0.05, 0.1) is 23.0 Å². The number of imidazole rings is 1. The highest BCUT2D eigenvalue weighted by Gasteiger charge is 2.08. The lowest BCUT2D eigenvalue weighted by Gasteiger charge is -1.92. The molecular weight excluding hydrogens is 224 g/mol. The van der Waals surface area contributed by atoms with Gasteiger partial charge in [-0.25, -0.2) is 9.78 Å². The van der Waals surface area contributed by atoms with Crippen molar-refractivity contribution >= 4 is 23.0 Å². The van der Waals surface area contributed by atoms with Gasteiger partial charge in [0.1, 0.15) is 5.82 Å². The molecule has 2 rings (SSSR count). The minimum Gasteiger partial charge on any atom is -0.481 e. The Kier molecular flexibility index (Phi) is 2.78. The summed E-state index contributed by atoms with van der Waals surface area (Å²) < 4.78 is 0. The summed E-state index contributed by atoms with van der Waals surface area (Å²) in [5.74, 6) is -1.36. The lowest BCUT2D eigenvalue weighted by molar-refractivity contribution is -0.137. The molecule has 0 unspecified atom stereocenters. The number of aryl methyl sites for hydroxylation is 1. The molecule has 0 aliphatic rings. The highest BCUT2D eigenvalue weighted by molar-refractivity contribution is 5.92. The molecule has 6 heteroatoms. The zero-order valence-corrected chi connectivity index (χ0v) is 8.80. The van der Waals surface area contributed by atoms with E-state index < -0.39 is 11.9 Å². The number of carboxylic acid groups (broad SMARTS) is 2. The molecule has 0 amide bonds. The Bertz CT molecular complexity index is 588. The number of carbonyl (C=O) groups is 2. The van der Waals surface area contributed by atoms with Gasteiger partial charge in [0, 0.05) is 6.42 Å². The van der Waals surface area contributed by atoms with E-state index in [1.54, 1.807) is 6.07 Å². The molecule has 3 N–H and O–H groups in total.